The van der Waals surface area contributed by atoms with Gasteiger partial charge in [0, 0.05) is 24.6 Å². The molecule has 0 aliphatic heterocycles. The van der Waals surface area contributed by atoms with Crippen molar-refractivity contribution in [2.24, 2.45) is 0 Å². The number of thiophene rings is 1. The summed E-state index contributed by atoms with van der Waals surface area (Å²) in [6, 6.07) is 12.8. The number of nitrogens with zero attached hydrogens (tertiary/aromatic N) is 3. The molecule has 158 valence electrons. The van der Waals surface area contributed by atoms with Crippen LogP contribution in [-0.2, 0) is 14.3 Å². The van der Waals surface area contributed by atoms with E-state index in [1.54, 1.807) is 30.0 Å². The topological polar surface area (TPSA) is 94.8 Å². The Kier molecular flexibility index (Phi) is 6.46. The molecule has 1 amide bonds. The first-order chi connectivity index (χ1) is 15.2. The summed E-state index contributed by atoms with van der Waals surface area (Å²) in [6.45, 7) is 0.729. The van der Waals surface area contributed by atoms with E-state index in [4.69, 9.17) is 9.47 Å². The summed E-state index contributed by atoms with van der Waals surface area (Å²) in [5.41, 5.74) is 3.13. The second-order valence-electron chi connectivity index (χ2n) is 6.60. The van der Waals surface area contributed by atoms with Gasteiger partial charge in [0.15, 0.2) is 5.65 Å². The fourth-order valence-corrected chi connectivity index (χ4v) is 3.75. The number of ether oxygens (including phenoxy) is 2. The van der Waals surface area contributed by atoms with Gasteiger partial charge in [-0.2, -0.15) is 5.10 Å². The lowest BCUT2D eigenvalue weighted by molar-refractivity contribution is -0.121. The molecule has 0 atom stereocenters. The smallest absolute Gasteiger partial charge is 0.250 e. The first kappa shape index (κ1) is 20.9. The number of carbonyl (C=O) groups is 2. The van der Waals surface area contributed by atoms with Gasteiger partial charge in [0.25, 0.3) is 0 Å². The molecular formula is C22H20N4O4S. The second-order valence-corrected chi connectivity index (χ2v) is 7.55. The van der Waals surface area contributed by atoms with Crippen LogP contribution >= 0.6 is 11.3 Å². The van der Waals surface area contributed by atoms with Gasteiger partial charge in [0.2, 0.25) is 11.7 Å². The minimum absolute atomic E-state index is 0.0551. The molecule has 9 heteroatoms. The predicted molar refractivity (Wildman–Crippen MR) is 117 cm³/mol. The molecular weight excluding hydrogens is 416 g/mol. The van der Waals surface area contributed by atoms with Crippen molar-refractivity contribution in [2.75, 3.05) is 32.2 Å². The highest BCUT2D eigenvalue weighted by Gasteiger charge is 2.18. The number of anilines is 1. The number of hydrogen-bond acceptors (Lipinski definition) is 7. The van der Waals surface area contributed by atoms with E-state index in [2.05, 4.69) is 15.4 Å². The standard InChI is InChI=1S/C22H20N4O4S/c1-29-9-10-30-14-20(27)25-16-5-2-4-15(12-16)18-7-8-23-22-17(13-24-26(18)22)21(28)19-6-3-11-31-19/h2-8,11-13H,9-10,14H2,1H3,(H,25,27). The van der Waals surface area contributed by atoms with Gasteiger partial charge in [0.05, 0.1) is 35.5 Å². The highest BCUT2D eigenvalue weighted by Crippen LogP contribution is 2.25. The Balaban J connectivity index is 1.57. The molecule has 0 radical (unpaired) electrons. The lowest BCUT2D eigenvalue weighted by atomic mass is 10.1. The highest BCUT2D eigenvalue weighted by molar-refractivity contribution is 7.12. The first-order valence-corrected chi connectivity index (χ1v) is 10.4. The average Bonchev–Trinajstić information content (AvgIpc) is 3.46. The van der Waals surface area contributed by atoms with E-state index in [0.717, 1.165) is 11.3 Å². The third-order valence-corrected chi connectivity index (χ3v) is 5.37. The number of fused-ring (bicyclic) bond motifs is 1. The molecule has 0 spiro atoms. The molecule has 0 aliphatic carbocycles. The van der Waals surface area contributed by atoms with Crippen molar-refractivity contribution < 1.29 is 19.1 Å². The van der Waals surface area contributed by atoms with Gasteiger partial charge in [-0.3, -0.25) is 9.59 Å². The van der Waals surface area contributed by atoms with Gasteiger partial charge in [-0.05, 0) is 29.6 Å². The van der Waals surface area contributed by atoms with Gasteiger partial charge in [0.1, 0.15) is 6.61 Å². The Morgan fingerprint density at radius 2 is 2.06 bits per heavy atom. The van der Waals surface area contributed by atoms with E-state index in [1.165, 1.54) is 17.5 Å². The average molecular weight is 436 g/mol. The first-order valence-electron chi connectivity index (χ1n) is 9.55. The maximum atomic E-state index is 12.8. The molecule has 4 aromatic rings. The van der Waals surface area contributed by atoms with Crippen molar-refractivity contribution in [3.05, 3.63) is 70.7 Å². The SMILES string of the molecule is COCCOCC(=O)Nc1cccc(-c2ccnc3c(C(=O)c4cccs4)cnn23)c1. The lowest BCUT2D eigenvalue weighted by Crippen LogP contribution is -2.19. The number of hydrogen-bond donors (Lipinski definition) is 1. The minimum atomic E-state index is -0.254. The van der Waals surface area contributed by atoms with E-state index in [9.17, 15) is 9.59 Å². The van der Waals surface area contributed by atoms with Gasteiger partial charge >= 0.3 is 0 Å². The molecule has 31 heavy (non-hydrogen) atoms. The quantitative estimate of drug-likeness (QED) is 0.320. The number of aromatic nitrogens is 3. The van der Waals surface area contributed by atoms with Crippen molar-refractivity contribution in [3.8, 4) is 11.3 Å². The number of benzene rings is 1. The zero-order valence-electron chi connectivity index (χ0n) is 16.8. The molecule has 3 heterocycles. The Bertz CT molecular complexity index is 1200. The predicted octanol–water partition coefficient (Wildman–Crippen LogP) is 3.29. The van der Waals surface area contributed by atoms with Crippen LogP contribution in [0.3, 0.4) is 0 Å². The van der Waals surface area contributed by atoms with E-state index in [1.807, 2.05) is 35.7 Å². The molecule has 0 aliphatic rings. The third-order valence-electron chi connectivity index (χ3n) is 4.50. The molecule has 0 unspecified atom stereocenters. The number of carbonyl (C=O) groups excluding carboxylic acids is 2. The van der Waals surface area contributed by atoms with Crippen LogP contribution in [0.2, 0.25) is 0 Å². The van der Waals surface area contributed by atoms with Gasteiger partial charge in [-0.25, -0.2) is 9.50 Å². The van der Waals surface area contributed by atoms with Gasteiger partial charge in [-0.1, -0.05) is 18.2 Å². The van der Waals surface area contributed by atoms with Crippen molar-refractivity contribution in [1.29, 1.82) is 0 Å². The van der Waals surface area contributed by atoms with Crippen LogP contribution in [0.5, 0.6) is 0 Å². The van der Waals surface area contributed by atoms with Crippen LogP contribution in [0.25, 0.3) is 16.9 Å². The van der Waals surface area contributed by atoms with Crippen molar-refractivity contribution >= 4 is 34.4 Å². The van der Waals surface area contributed by atoms with Gasteiger partial charge in [-0.15, -0.1) is 11.3 Å². The molecule has 0 saturated heterocycles. The number of rotatable bonds is 9. The fraction of sp³-hybridized carbons (Fsp3) is 0.182. The summed E-state index contributed by atoms with van der Waals surface area (Å²) in [6.07, 6.45) is 3.18. The number of ketones is 1. The number of nitrogens with one attached hydrogen (secondary N) is 1. The number of methoxy groups -OCH3 is 1. The van der Waals surface area contributed by atoms with Crippen LogP contribution in [0.4, 0.5) is 5.69 Å². The highest BCUT2D eigenvalue weighted by atomic mass is 32.1. The summed E-state index contributed by atoms with van der Waals surface area (Å²) in [5, 5.41) is 9.07. The van der Waals surface area contributed by atoms with Crippen LogP contribution in [0.15, 0.2) is 60.2 Å². The third kappa shape index (κ3) is 4.69. The van der Waals surface area contributed by atoms with Crippen molar-refractivity contribution in [2.45, 2.75) is 0 Å². The molecule has 1 aromatic carbocycles. The minimum Gasteiger partial charge on any atom is -0.382 e. The second kappa shape index (κ2) is 9.61. The molecule has 0 bridgehead atoms. The van der Waals surface area contributed by atoms with Crippen LogP contribution in [0, 0.1) is 0 Å². The van der Waals surface area contributed by atoms with Crippen LogP contribution < -0.4 is 5.32 Å². The summed E-state index contributed by atoms with van der Waals surface area (Å²) in [4.78, 5) is 29.9. The molecule has 0 fully saturated rings. The van der Waals surface area contributed by atoms with Gasteiger partial charge < -0.3 is 14.8 Å². The molecule has 1 N–H and O–H groups in total. The number of amides is 1. The normalized spacial score (nSPS) is 11.0. The lowest BCUT2D eigenvalue weighted by Gasteiger charge is -2.09. The van der Waals surface area contributed by atoms with Crippen LogP contribution in [0.1, 0.15) is 15.2 Å². The van der Waals surface area contributed by atoms with E-state index < -0.39 is 0 Å². The molecule has 3 aromatic heterocycles. The summed E-state index contributed by atoms with van der Waals surface area (Å²) in [5.74, 6) is -0.361. The Morgan fingerprint density at radius 1 is 1.16 bits per heavy atom. The maximum Gasteiger partial charge on any atom is 0.250 e. The van der Waals surface area contributed by atoms with E-state index >= 15 is 0 Å². The molecule has 0 saturated carbocycles. The zero-order chi connectivity index (χ0) is 21.6. The summed E-state index contributed by atoms with van der Waals surface area (Å²) < 4.78 is 11.8. The zero-order valence-corrected chi connectivity index (χ0v) is 17.6. The molecule has 8 nitrogen and oxygen atoms in total. The summed E-state index contributed by atoms with van der Waals surface area (Å²) in [7, 11) is 1.58. The Labute approximate surface area is 182 Å². The van der Waals surface area contributed by atoms with Crippen molar-refractivity contribution in [1.82, 2.24) is 14.6 Å². The Morgan fingerprint density at radius 3 is 2.87 bits per heavy atom. The van der Waals surface area contributed by atoms with Crippen molar-refractivity contribution in [3.63, 3.8) is 0 Å². The van der Waals surface area contributed by atoms with E-state index in [0.29, 0.717) is 35.0 Å². The Hall–Kier alpha value is -3.40. The summed E-state index contributed by atoms with van der Waals surface area (Å²) >= 11 is 1.38. The monoisotopic (exact) mass is 436 g/mol. The molecule has 4 rings (SSSR count). The largest absolute Gasteiger partial charge is 0.382 e. The van der Waals surface area contributed by atoms with E-state index in [-0.39, 0.29) is 18.3 Å². The maximum absolute atomic E-state index is 12.8. The van der Waals surface area contributed by atoms with Crippen LogP contribution in [-0.4, -0.2) is 53.2 Å². The fourth-order valence-electron chi connectivity index (χ4n) is 3.07.